The summed E-state index contributed by atoms with van der Waals surface area (Å²) in [6, 6.07) is 0.301. The van der Waals surface area contributed by atoms with Crippen LogP contribution in [0.2, 0.25) is 5.15 Å². The van der Waals surface area contributed by atoms with Crippen molar-refractivity contribution in [3.63, 3.8) is 0 Å². The summed E-state index contributed by atoms with van der Waals surface area (Å²) in [5.41, 5.74) is 10.8. The molecule has 2 aromatic rings. The van der Waals surface area contributed by atoms with Crippen molar-refractivity contribution in [1.29, 1.82) is 0 Å². The number of hydrogen-bond acceptors (Lipinski definition) is 6. The molecule has 0 amide bonds. The largest absolute Gasteiger partial charge is 0.496 e. The van der Waals surface area contributed by atoms with Crippen LogP contribution in [-0.4, -0.2) is 34.6 Å². The van der Waals surface area contributed by atoms with Crippen molar-refractivity contribution in [2.75, 3.05) is 24.3 Å². The zero-order valence-electron chi connectivity index (χ0n) is 15.3. The fraction of sp³-hybridized carbons (Fsp3) is 0.500. The number of nitrogens with zero attached hydrogens (tertiary/aromatic N) is 4. The number of aromatic nitrogens is 3. The number of nitrogen functional groups attached to an aromatic ring is 1. The molecule has 3 rings (SSSR count). The highest BCUT2D eigenvalue weighted by Gasteiger charge is 2.35. The van der Waals surface area contributed by atoms with Crippen molar-refractivity contribution < 1.29 is 4.74 Å². The van der Waals surface area contributed by atoms with Crippen molar-refractivity contribution in [1.82, 2.24) is 15.0 Å². The van der Waals surface area contributed by atoms with E-state index in [0.29, 0.717) is 11.2 Å². The van der Waals surface area contributed by atoms with E-state index in [4.69, 9.17) is 22.1 Å². The van der Waals surface area contributed by atoms with Crippen LogP contribution in [0.3, 0.4) is 0 Å². The summed E-state index contributed by atoms with van der Waals surface area (Å²) in [5, 5.41) is 0.421. The Morgan fingerprint density at radius 2 is 2.08 bits per heavy atom. The lowest BCUT2D eigenvalue weighted by Gasteiger charge is -2.24. The van der Waals surface area contributed by atoms with Crippen molar-refractivity contribution in [3.8, 4) is 5.75 Å². The van der Waals surface area contributed by atoms with E-state index in [1.165, 1.54) is 0 Å². The van der Waals surface area contributed by atoms with E-state index < -0.39 is 0 Å². The molecule has 1 atom stereocenters. The topological polar surface area (TPSA) is 77.2 Å². The third-order valence-corrected chi connectivity index (χ3v) is 5.05. The number of hydrogen-bond donors (Lipinski definition) is 1. The van der Waals surface area contributed by atoms with E-state index in [1.807, 2.05) is 20.0 Å². The second-order valence-corrected chi connectivity index (χ2v) is 7.16. The number of aryl methyl sites for hydroxylation is 1. The number of anilines is 2. The zero-order valence-corrected chi connectivity index (χ0v) is 16.1. The van der Waals surface area contributed by atoms with E-state index in [-0.39, 0.29) is 11.9 Å². The molecule has 0 aliphatic carbocycles. The molecule has 1 aliphatic rings. The maximum absolute atomic E-state index is 6.37. The Kier molecular flexibility index (Phi) is 4.73. The van der Waals surface area contributed by atoms with Crippen LogP contribution >= 0.6 is 11.6 Å². The molecule has 1 unspecified atom stereocenters. The van der Waals surface area contributed by atoms with Crippen LogP contribution in [0.25, 0.3) is 0 Å². The molecule has 0 saturated heterocycles. The first-order valence-electron chi connectivity index (χ1n) is 8.42. The van der Waals surface area contributed by atoms with Crippen molar-refractivity contribution in [2.24, 2.45) is 0 Å². The lowest BCUT2D eigenvalue weighted by atomic mass is 9.97. The number of methoxy groups -OCH3 is 1. The minimum absolute atomic E-state index is 0.166. The van der Waals surface area contributed by atoms with Gasteiger partial charge in [0.05, 0.1) is 18.5 Å². The minimum Gasteiger partial charge on any atom is -0.496 e. The molecule has 1 aliphatic heterocycles. The molecule has 0 fully saturated rings. The van der Waals surface area contributed by atoms with Gasteiger partial charge in [0.15, 0.2) is 5.15 Å². The van der Waals surface area contributed by atoms with E-state index >= 15 is 0 Å². The van der Waals surface area contributed by atoms with Crippen molar-refractivity contribution >= 4 is 23.2 Å². The molecular formula is C18H24ClN5O. The van der Waals surface area contributed by atoms with Gasteiger partial charge in [-0.1, -0.05) is 11.6 Å². The molecule has 7 heteroatoms. The summed E-state index contributed by atoms with van der Waals surface area (Å²) < 4.78 is 5.53. The van der Waals surface area contributed by atoms with Crippen LogP contribution in [0.5, 0.6) is 5.75 Å². The Morgan fingerprint density at radius 3 is 2.72 bits per heavy atom. The van der Waals surface area contributed by atoms with Gasteiger partial charge in [-0.05, 0) is 27.7 Å². The quantitative estimate of drug-likeness (QED) is 0.842. The van der Waals surface area contributed by atoms with Gasteiger partial charge < -0.3 is 15.4 Å². The van der Waals surface area contributed by atoms with E-state index in [9.17, 15) is 0 Å². The fourth-order valence-corrected chi connectivity index (χ4v) is 3.86. The standard InChI is InChI=1S/C18H24ClN5O/c1-9(2)24-8-12(14-15(24)17(19)23-18(20)22-14)6-13-11(4)16(25-5)10(3)7-21-13/h7,9,12H,6,8H2,1-5H3,(H2,20,22,23). The van der Waals surface area contributed by atoms with Gasteiger partial charge in [0.1, 0.15) is 5.75 Å². The van der Waals surface area contributed by atoms with Gasteiger partial charge in [-0.2, -0.15) is 4.98 Å². The average Bonchev–Trinajstić information content (AvgIpc) is 2.90. The SMILES string of the molecule is COc1c(C)cnc(CC2CN(C(C)C)c3c(Cl)nc(N)nc32)c1C. The molecule has 0 aromatic carbocycles. The predicted molar refractivity (Wildman–Crippen MR) is 101 cm³/mol. The maximum Gasteiger partial charge on any atom is 0.221 e. The first-order valence-corrected chi connectivity index (χ1v) is 8.79. The number of ether oxygens (including phenoxy) is 1. The van der Waals surface area contributed by atoms with E-state index in [0.717, 1.165) is 46.9 Å². The van der Waals surface area contributed by atoms with E-state index in [1.54, 1.807) is 7.11 Å². The zero-order chi connectivity index (χ0) is 18.3. The minimum atomic E-state index is 0.166. The molecule has 2 aromatic heterocycles. The molecule has 0 bridgehead atoms. The highest BCUT2D eigenvalue weighted by molar-refractivity contribution is 6.32. The predicted octanol–water partition coefficient (Wildman–Crippen LogP) is 3.29. The van der Waals surface area contributed by atoms with Gasteiger partial charge in [-0.3, -0.25) is 4.98 Å². The van der Waals surface area contributed by atoms with Crippen LogP contribution in [0.4, 0.5) is 11.6 Å². The number of rotatable bonds is 4. The number of pyridine rings is 1. The highest BCUT2D eigenvalue weighted by atomic mass is 35.5. The second kappa shape index (κ2) is 6.67. The van der Waals surface area contributed by atoms with Crippen LogP contribution in [0.15, 0.2) is 6.20 Å². The molecule has 3 heterocycles. The number of halogens is 1. The van der Waals surface area contributed by atoms with E-state index in [2.05, 4.69) is 33.7 Å². The van der Waals surface area contributed by atoms with Gasteiger partial charge >= 0.3 is 0 Å². The van der Waals surface area contributed by atoms with Crippen LogP contribution < -0.4 is 15.4 Å². The molecule has 2 N–H and O–H groups in total. The summed E-state index contributed by atoms with van der Waals surface area (Å²) in [7, 11) is 1.69. The number of fused-ring (bicyclic) bond motifs is 1. The van der Waals surface area contributed by atoms with Gasteiger partial charge in [0.25, 0.3) is 0 Å². The third kappa shape index (κ3) is 3.11. The summed E-state index contributed by atoms with van der Waals surface area (Å²) in [4.78, 5) is 15.5. The third-order valence-electron chi connectivity index (χ3n) is 4.79. The van der Waals surface area contributed by atoms with Crippen LogP contribution in [0, 0.1) is 13.8 Å². The lowest BCUT2D eigenvalue weighted by molar-refractivity contribution is 0.406. The molecule has 25 heavy (non-hydrogen) atoms. The molecule has 0 spiro atoms. The maximum atomic E-state index is 6.37. The summed E-state index contributed by atoms with van der Waals surface area (Å²) in [5.74, 6) is 1.27. The van der Waals surface area contributed by atoms with Crippen molar-refractivity contribution in [2.45, 2.75) is 46.1 Å². The normalized spacial score (nSPS) is 16.4. The first kappa shape index (κ1) is 17.7. The molecule has 134 valence electrons. The summed E-state index contributed by atoms with van der Waals surface area (Å²) in [6.45, 7) is 9.14. The number of nitrogens with two attached hydrogens (primary N) is 1. The van der Waals surface area contributed by atoms with Crippen LogP contribution in [0.1, 0.15) is 42.3 Å². The Balaban J connectivity index is 2.01. The van der Waals surface area contributed by atoms with Crippen molar-refractivity contribution in [3.05, 3.63) is 33.9 Å². The molecule has 0 saturated carbocycles. The van der Waals surface area contributed by atoms with Gasteiger partial charge in [-0.25, -0.2) is 4.98 Å². The van der Waals surface area contributed by atoms with Crippen LogP contribution in [-0.2, 0) is 6.42 Å². The Morgan fingerprint density at radius 1 is 1.36 bits per heavy atom. The summed E-state index contributed by atoms with van der Waals surface area (Å²) >= 11 is 6.37. The summed E-state index contributed by atoms with van der Waals surface area (Å²) in [6.07, 6.45) is 2.62. The fourth-order valence-electron chi connectivity index (χ4n) is 3.57. The monoisotopic (exact) mass is 361 g/mol. The Hall–Kier alpha value is -2.08. The molecule has 6 nitrogen and oxygen atoms in total. The average molecular weight is 362 g/mol. The second-order valence-electron chi connectivity index (χ2n) is 6.80. The van der Waals surface area contributed by atoms with Gasteiger partial charge in [-0.15, -0.1) is 0 Å². The molecule has 0 radical (unpaired) electrons. The highest BCUT2D eigenvalue weighted by Crippen LogP contribution is 2.42. The van der Waals surface area contributed by atoms with Gasteiger partial charge in [0.2, 0.25) is 5.95 Å². The smallest absolute Gasteiger partial charge is 0.221 e. The Labute approximate surface area is 153 Å². The Bertz CT molecular complexity index is 809. The van der Waals surface area contributed by atoms with Gasteiger partial charge in [0, 0.05) is 47.9 Å². The lowest BCUT2D eigenvalue weighted by Crippen LogP contribution is -2.30. The first-order chi connectivity index (χ1) is 11.8. The molecular weight excluding hydrogens is 338 g/mol.